The van der Waals surface area contributed by atoms with Crippen molar-refractivity contribution in [3.8, 4) is 5.75 Å². The summed E-state index contributed by atoms with van der Waals surface area (Å²) in [5.74, 6) is 0.124. The van der Waals surface area contributed by atoms with E-state index in [0.717, 1.165) is 10.0 Å². The molecule has 0 aliphatic heterocycles. The van der Waals surface area contributed by atoms with Crippen molar-refractivity contribution in [1.82, 2.24) is 4.31 Å². The standard InChI is InChI=1S/C21H27BrN2O4S/c1-6-24(7-2)29(26,27)17-12-13-19(28-5)18(14-17)23-20(25)21(3,4)15-8-10-16(22)11-9-15/h8-14H,6-7H2,1-5H3,(H,23,25). The molecule has 0 aliphatic rings. The molecule has 158 valence electrons. The fourth-order valence-electron chi connectivity index (χ4n) is 2.93. The van der Waals surface area contributed by atoms with Crippen LogP contribution in [0.15, 0.2) is 51.8 Å². The molecule has 1 N–H and O–H groups in total. The summed E-state index contributed by atoms with van der Waals surface area (Å²) in [5, 5.41) is 2.84. The molecule has 6 nitrogen and oxygen atoms in total. The first-order chi connectivity index (χ1) is 13.6. The van der Waals surface area contributed by atoms with Gasteiger partial charge in [0.2, 0.25) is 15.9 Å². The summed E-state index contributed by atoms with van der Waals surface area (Å²) in [6.07, 6.45) is 0. The summed E-state index contributed by atoms with van der Waals surface area (Å²) in [5.41, 5.74) is 0.319. The highest BCUT2D eigenvalue weighted by atomic mass is 79.9. The van der Waals surface area contributed by atoms with Crippen LogP contribution in [0.25, 0.3) is 0 Å². The van der Waals surface area contributed by atoms with Gasteiger partial charge >= 0.3 is 0 Å². The van der Waals surface area contributed by atoms with E-state index < -0.39 is 15.4 Å². The minimum Gasteiger partial charge on any atom is -0.495 e. The van der Waals surface area contributed by atoms with Crippen LogP contribution in [0, 0.1) is 0 Å². The number of hydrogen-bond donors (Lipinski definition) is 1. The molecular weight excluding hydrogens is 456 g/mol. The number of ether oxygens (including phenoxy) is 1. The smallest absolute Gasteiger partial charge is 0.243 e. The molecule has 0 heterocycles. The minimum atomic E-state index is -3.66. The molecule has 0 saturated heterocycles. The monoisotopic (exact) mass is 482 g/mol. The Morgan fingerprint density at radius 1 is 1.10 bits per heavy atom. The number of benzene rings is 2. The van der Waals surface area contributed by atoms with Crippen LogP contribution in [-0.2, 0) is 20.2 Å². The third-order valence-corrected chi connectivity index (χ3v) is 7.47. The van der Waals surface area contributed by atoms with Crippen LogP contribution in [0.5, 0.6) is 5.75 Å². The average Bonchev–Trinajstić information content (AvgIpc) is 2.68. The van der Waals surface area contributed by atoms with Crippen molar-refractivity contribution in [2.75, 3.05) is 25.5 Å². The summed E-state index contributed by atoms with van der Waals surface area (Å²) in [6, 6.07) is 12.0. The van der Waals surface area contributed by atoms with Gasteiger partial charge in [-0.1, -0.05) is 41.9 Å². The molecule has 0 saturated carbocycles. The Hall–Kier alpha value is -1.90. The molecule has 0 fully saturated rings. The second-order valence-corrected chi connectivity index (χ2v) is 9.89. The maximum absolute atomic E-state index is 13.1. The Morgan fingerprint density at radius 3 is 2.21 bits per heavy atom. The molecule has 0 atom stereocenters. The van der Waals surface area contributed by atoms with Gasteiger partial charge in [-0.05, 0) is 49.7 Å². The number of nitrogens with zero attached hydrogens (tertiary/aromatic N) is 1. The van der Waals surface area contributed by atoms with E-state index in [2.05, 4.69) is 21.2 Å². The summed E-state index contributed by atoms with van der Waals surface area (Å²) in [7, 11) is -2.18. The molecule has 29 heavy (non-hydrogen) atoms. The van der Waals surface area contributed by atoms with E-state index >= 15 is 0 Å². The Kier molecular flexibility index (Phi) is 7.48. The predicted molar refractivity (Wildman–Crippen MR) is 119 cm³/mol. The van der Waals surface area contributed by atoms with Crippen molar-refractivity contribution in [3.05, 3.63) is 52.5 Å². The van der Waals surface area contributed by atoms with Crippen molar-refractivity contribution in [1.29, 1.82) is 0 Å². The van der Waals surface area contributed by atoms with E-state index in [0.29, 0.717) is 24.5 Å². The molecule has 1 amide bonds. The first kappa shape index (κ1) is 23.4. The van der Waals surface area contributed by atoms with Gasteiger partial charge in [0.1, 0.15) is 5.75 Å². The Morgan fingerprint density at radius 2 is 1.69 bits per heavy atom. The largest absolute Gasteiger partial charge is 0.495 e. The maximum Gasteiger partial charge on any atom is 0.243 e. The molecule has 8 heteroatoms. The van der Waals surface area contributed by atoms with Crippen LogP contribution in [0.4, 0.5) is 5.69 Å². The van der Waals surface area contributed by atoms with Gasteiger partial charge in [-0.15, -0.1) is 0 Å². The fourth-order valence-corrected chi connectivity index (χ4v) is 4.68. The van der Waals surface area contributed by atoms with E-state index in [4.69, 9.17) is 4.74 Å². The Labute approximate surface area is 181 Å². The third kappa shape index (κ3) is 4.99. The van der Waals surface area contributed by atoms with Gasteiger partial charge < -0.3 is 10.1 Å². The number of carbonyl (C=O) groups is 1. The quantitative estimate of drug-likeness (QED) is 0.604. The molecule has 2 aromatic rings. The number of methoxy groups -OCH3 is 1. The number of rotatable bonds is 8. The molecule has 0 radical (unpaired) electrons. The van der Waals surface area contributed by atoms with E-state index in [1.807, 2.05) is 38.1 Å². The van der Waals surface area contributed by atoms with E-state index in [-0.39, 0.29) is 10.8 Å². The number of sulfonamides is 1. The van der Waals surface area contributed by atoms with Gasteiger partial charge in [-0.25, -0.2) is 8.42 Å². The summed E-state index contributed by atoms with van der Waals surface area (Å²) in [6.45, 7) is 7.93. The van der Waals surface area contributed by atoms with Crippen LogP contribution in [0.1, 0.15) is 33.3 Å². The number of nitrogens with one attached hydrogen (secondary N) is 1. The molecule has 0 aromatic heterocycles. The van der Waals surface area contributed by atoms with Crippen LogP contribution < -0.4 is 10.1 Å². The van der Waals surface area contributed by atoms with Gasteiger partial charge in [-0.3, -0.25) is 4.79 Å². The molecule has 0 aliphatic carbocycles. The lowest BCUT2D eigenvalue weighted by Crippen LogP contribution is -2.35. The lowest BCUT2D eigenvalue weighted by atomic mass is 9.83. The second-order valence-electron chi connectivity index (χ2n) is 7.04. The first-order valence-electron chi connectivity index (χ1n) is 9.33. The van der Waals surface area contributed by atoms with Crippen molar-refractivity contribution in [2.45, 2.75) is 38.0 Å². The normalized spacial score (nSPS) is 12.1. The van der Waals surface area contributed by atoms with E-state index in [1.54, 1.807) is 19.9 Å². The molecule has 2 rings (SSSR count). The number of carbonyl (C=O) groups excluding carboxylic acids is 1. The molecule has 2 aromatic carbocycles. The van der Waals surface area contributed by atoms with Crippen molar-refractivity contribution in [2.24, 2.45) is 0 Å². The van der Waals surface area contributed by atoms with Crippen molar-refractivity contribution in [3.63, 3.8) is 0 Å². The number of anilines is 1. The van der Waals surface area contributed by atoms with Gasteiger partial charge in [0.15, 0.2) is 0 Å². The third-order valence-electron chi connectivity index (χ3n) is 4.90. The highest BCUT2D eigenvalue weighted by Crippen LogP contribution is 2.32. The molecule has 0 spiro atoms. The summed E-state index contributed by atoms with van der Waals surface area (Å²) < 4.78 is 33.3. The Balaban J connectivity index is 2.41. The summed E-state index contributed by atoms with van der Waals surface area (Å²) >= 11 is 3.39. The van der Waals surface area contributed by atoms with Crippen molar-refractivity contribution >= 4 is 37.5 Å². The molecule has 0 unspecified atom stereocenters. The zero-order valence-electron chi connectivity index (χ0n) is 17.3. The van der Waals surface area contributed by atoms with Gasteiger partial charge in [-0.2, -0.15) is 4.31 Å². The SMILES string of the molecule is CCN(CC)S(=O)(=O)c1ccc(OC)c(NC(=O)C(C)(C)c2ccc(Br)cc2)c1. The lowest BCUT2D eigenvalue weighted by Gasteiger charge is -2.25. The minimum absolute atomic E-state index is 0.110. The summed E-state index contributed by atoms with van der Waals surface area (Å²) in [4.78, 5) is 13.2. The highest BCUT2D eigenvalue weighted by molar-refractivity contribution is 9.10. The number of halogens is 1. The maximum atomic E-state index is 13.1. The topological polar surface area (TPSA) is 75.7 Å². The zero-order chi connectivity index (χ0) is 21.8. The number of hydrogen-bond acceptors (Lipinski definition) is 4. The van der Waals surface area contributed by atoms with Gasteiger partial charge in [0, 0.05) is 17.6 Å². The fraction of sp³-hybridized carbons (Fsp3) is 0.381. The van der Waals surface area contributed by atoms with Gasteiger partial charge in [0.25, 0.3) is 0 Å². The first-order valence-corrected chi connectivity index (χ1v) is 11.6. The zero-order valence-corrected chi connectivity index (χ0v) is 19.7. The average molecular weight is 483 g/mol. The van der Waals surface area contributed by atoms with E-state index in [1.165, 1.54) is 23.5 Å². The Bertz CT molecular complexity index is 969. The van der Waals surface area contributed by atoms with Crippen LogP contribution in [-0.4, -0.2) is 38.8 Å². The lowest BCUT2D eigenvalue weighted by molar-refractivity contribution is -0.120. The van der Waals surface area contributed by atoms with E-state index in [9.17, 15) is 13.2 Å². The van der Waals surface area contributed by atoms with Crippen LogP contribution in [0.2, 0.25) is 0 Å². The second kappa shape index (κ2) is 9.28. The van der Waals surface area contributed by atoms with Crippen LogP contribution >= 0.6 is 15.9 Å². The molecule has 0 bridgehead atoms. The number of amides is 1. The van der Waals surface area contributed by atoms with Crippen LogP contribution in [0.3, 0.4) is 0 Å². The predicted octanol–water partition coefficient (Wildman–Crippen LogP) is 4.40. The van der Waals surface area contributed by atoms with Gasteiger partial charge in [0.05, 0.1) is 23.1 Å². The highest BCUT2D eigenvalue weighted by Gasteiger charge is 2.31. The van der Waals surface area contributed by atoms with Crippen molar-refractivity contribution < 1.29 is 17.9 Å². The molecular formula is C21H27BrN2O4S.